The average molecular weight is 451 g/mol. The molecule has 1 heterocycles. The third-order valence-electron chi connectivity index (χ3n) is 4.32. The van der Waals surface area contributed by atoms with Crippen LogP contribution in [0.2, 0.25) is 0 Å². The van der Waals surface area contributed by atoms with Crippen LogP contribution in [0.15, 0.2) is 54.9 Å². The number of ether oxygens (including phenoxy) is 2. The zero-order valence-electron chi connectivity index (χ0n) is 17.9. The lowest BCUT2D eigenvalue weighted by molar-refractivity contribution is -0.383. The molecule has 0 radical (unpaired) electrons. The number of nitro groups is 1. The molecule has 33 heavy (non-hydrogen) atoms. The quantitative estimate of drug-likeness (QED) is 0.275. The maximum Gasteiger partial charge on any atom is 0.353 e. The lowest BCUT2D eigenvalue weighted by Crippen LogP contribution is -2.07. The second kappa shape index (κ2) is 10.7. The SMILES string of the molecule is CCOC(=O)c1ccc(Nc2ncnc(Nc3ccc(C(=O)OCC)cc3)c2[N+](=O)[O-])cc1. The van der Waals surface area contributed by atoms with Gasteiger partial charge in [0, 0.05) is 11.4 Å². The first-order valence-corrected chi connectivity index (χ1v) is 10.0. The molecule has 0 unspecified atom stereocenters. The molecule has 2 N–H and O–H groups in total. The van der Waals surface area contributed by atoms with Crippen LogP contribution in [0.1, 0.15) is 34.6 Å². The van der Waals surface area contributed by atoms with Gasteiger partial charge in [0.2, 0.25) is 11.6 Å². The largest absolute Gasteiger partial charge is 0.462 e. The first-order valence-electron chi connectivity index (χ1n) is 10.0. The van der Waals surface area contributed by atoms with E-state index in [9.17, 15) is 19.7 Å². The number of carbonyl (C=O) groups excluding carboxylic acids is 2. The summed E-state index contributed by atoms with van der Waals surface area (Å²) in [6.07, 6.45) is 1.18. The van der Waals surface area contributed by atoms with Gasteiger partial charge in [-0.25, -0.2) is 19.6 Å². The van der Waals surface area contributed by atoms with Crippen LogP contribution in [0.25, 0.3) is 0 Å². The maximum absolute atomic E-state index is 11.8. The Kier molecular flexibility index (Phi) is 7.47. The van der Waals surface area contributed by atoms with Crippen LogP contribution in [-0.4, -0.2) is 40.0 Å². The van der Waals surface area contributed by atoms with Crippen molar-refractivity contribution in [1.29, 1.82) is 0 Å². The van der Waals surface area contributed by atoms with E-state index in [1.807, 2.05) is 0 Å². The second-order valence-corrected chi connectivity index (χ2v) is 6.52. The highest BCUT2D eigenvalue weighted by molar-refractivity contribution is 5.90. The topological polar surface area (TPSA) is 146 Å². The summed E-state index contributed by atoms with van der Waals surface area (Å²) in [4.78, 5) is 42.7. The van der Waals surface area contributed by atoms with E-state index in [0.29, 0.717) is 22.5 Å². The molecule has 0 aliphatic heterocycles. The highest BCUT2D eigenvalue weighted by atomic mass is 16.6. The molecule has 0 saturated heterocycles. The summed E-state index contributed by atoms with van der Waals surface area (Å²) >= 11 is 0. The van der Waals surface area contributed by atoms with Crippen LogP contribution in [-0.2, 0) is 9.47 Å². The maximum atomic E-state index is 11.8. The van der Waals surface area contributed by atoms with E-state index in [1.165, 1.54) is 30.6 Å². The van der Waals surface area contributed by atoms with Crippen molar-refractivity contribution >= 4 is 40.6 Å². The summed E-state index contributed by atoms with van der Waals surface area (Å²) in [6, 6.07) is 12.5. The monoisotopic (exact) mass is 451 g/mol. The first kappa shape index (κ1) is 23.1. The van der Waals surface area contributed by atoms with Crippen molar-refractivity contribution in [3.8, 4) is 0 Å². The fraction of sp³-hybridized carbons (Fsp3) is 0.182. The summed E-state index contributed by atoms with van der Waals surface area (Å²) in [6.45, 7) is 3.94. The number of nitrogens with one attached hydrogen (secondary N) is 2. The van der Waals surface area contributed by atoms with Crippen LogP contribution in [0, 0.1) is 10.1 Å². The summed E-state index contributed by atoms with van der Waals surface area (Å²) in [5, 5.41) is 17.5. The Hall–Kier alpha value is -4.54. The highest BCUT2D eigenvalue weighted by Crippen LogP contribution is 2.33. The molecule has 0 spiro atoms. The number of esters is 2. The van der Waals surface area contributed by atoms with Gasteiger partial charge in [-0.1, -0.05) is 0 Å². The number of hydrogen-bond acceptors (Lipinski definition) is 10. The number of benzene rings is 2. The molecule has 11 heteroatoms. The van der Waals surface area contributed by atoms with Crippen molar-refractivity contribution in [2.45, 2.75) is 13.8 Å². The minimum absolute atomic E-state index is 0.0375. The lowest BCUT2D eigenvalue weighted by Gasteiger charge is -2.11. The molecule has 0 atom stereocenters. The van der Waals surface area contributed by atoms with E-state index in [4.69, 9.17) is 9.47 Å². The Morgan fingerprint density at radius 2 is 1.21 bits per heavy atom. The molecule has 11 nitrogen and oxygen atoms in total. The van der Waals surface area contributed by atoms with Crippen molar-refractivity contribution < 1.29 is 24.0 Å². The first-order chi connectivity index (χ1) is 15.9. The van der Waals surface area contributed by atoms with E-state index < -0.39 is 16.9 Å². The van der Waals surface area contributed by atoms with Crippen LogP contribution in [0.5, 0.6) is 0 Å². The molecule has 3 rings (SSSR count). The summed E-state index contributed by atoms with van der Waals surface area (Å²) < 4.78 is 9.88. The Morgan fingerprint density at radius 3 is 1.55 bits per heavy atom. The fourth-order valence-electron chi connectivity index (χ4n) is 2.82. The smallest absolute Gasteiger partial charge is 0.353 e. The molecular formula is C22H21N5O6. The number of anilines is 4. The number of rotatable bonds is 9. The normalized spacial score (nSPS) is 10.2. The Bertz CT molecular complexity index is 1070. The van der Waals surface area contributed by atoms with E-state index in [-0.39, 0.29) is 30.5 Å². The molecule has 0 amide bonds. The third kappa shape index (κ3) is 5.79. The van der Waals surface area contributed by atoms with Crippen molar-refractivity contribution in [3.63, 3.8) is 0 Å². The van der Waals surface area contributed by atoms with Gasteiger partial charge in [-0.05, 0) is 62.4 Å². The summed E-state index contributed by atoms with van der Waals surface area (Å²) in [7, 11) is 0. The van der Waals surface area contributed by atoms with Crippen molar-refractivity contribution in [2.24, 2.45) is 0 Å². The molecule has 0 aliphatic carbocycles. The van der Waals surface area contributed by atoms with Crippen LogP contribution in [0.4, 0.5) is 28.7 Å². The number of aromatic nitrogens is 2. The molecule has 0 fully saturated rings. The van der Waals surface area contributed by atoms with Crippen LogP contribution >= 0.6 is 0 Å². The molecule has 0 bridgehead atoms. The van der Waals surface area contributed by atoms with E-state index in [1.54, 1.807) is 38.1 Å². The number of carbonyl (C=O) groups is 2. The molecule has 1 aromatic heterocycles. The van der Waals surface area contributed by atoms with Crippen LogP contribution < -0.4 is 10.6 Å². The Balaban J connectivity index is 1.82. The summed E-state index contributed by atoms with van der Waals surface area (Å²) in [5.41, 5.74) is 1.30. The van der Waals surface area contributed by atoms with Crippen molar-refractivity contribution in [2.75, 3.05) is 23.8 Å². The van der Waals surface area contributed by atoms with Crippen molar-refractivity contribution in [3.05, 3.63) is 76.1 Å². The molecular weight excluding hydrogens is 430 g/mol. The third-order valence-corrected chi connectivity index (χ3v) is 4.32. The van der Waals surface area contributed by atoms with Gasteiger partial charge in [-0.3, -0.25) is 10.1 Å². The fourth-order valence-corrected chi connectivity index (χ4v) is 2.82. The average Bonchev–Trinajstić information content (AvgIpc) is 2.80. The zero-order valence-corrected chi connectivity index (χ0v) is 17.9. The Morgan fingerprint density at radius 1 is 0.818 bits per heavy atom. The van der Waals surface area contributed by atoms with Gasteiger partial charge in [0.25, 0.3) is 0 Å². The molecule has 3 aromatic rings. The predicted molar refractivity (Wildman–Crippen MR) is 120 cm³/mol. The standard InChI is InChI=1S/C22H21N5O6/c1-3-32-21(28)14-5-9-16(10-6-14)25-19-18(27(30)31)20(24-13-23-19)26-17-11-7-15(8-12-17)22(29)33-4-2/h5-13H,3-4H2,1-2H3,(H2,23,24,25,26). The van der Waals surface area contributed by atoms with Gasteiger partial charge in [0.15, 0.2) is 0 Å². The molecule has 2 aromatic carbocycles. The van der Waals surface area contributed by atoms with E-state index in [2.05, 4.69) is 20.6 Å². The van der Waals surface area contributed by atoms with Gasteiger partial charge >= 0.3 is 17.6 Å². The van der Waals surface area contributed by atoms with Gasteiger partial charge in [-0.15, -0.1) is 0 Å². The highest BCUT2D eigenvalue weighted by Gasteiger charge is 2.23. The van der Waals surface area contributed by atoms with E-state index >= 15 is 0 Å². The van der Waals surface area contributed by atoms with Gasteiger partial charge in [-0.2, -0.15) is 0 Å². The molecule has 0 saturated carbocycles. The minimum Gasteiger partial charge on any atom is -0.462 e. The van der Waals surface area contributed by atoms with E-state index in [0.717, 1.165) is 0 Å². The van der Waals surface area contributed by atoms with Gasteiger partial charge < -0.3 is 20.1 Å². The van der Waals surface area contributed by atoms with Crippen LogP contribution in [0.3, 0.4) is 0 Å². The van der Waals surface area contributed by atoms with Gasteiger partial charge in [0.1, 0.15) is 6.33 Å². The molecule has 0 aliphatic rings. The number of hydrogen-bond donors (Lipinski definition) is 2. The second-order valence-electron chi connectivity index (χ2n) is 6.52. The predicted octanol–water partition coefficient (Wildman–Crippen LogP) is 4.23. The van der Waals surface area contributed by atoms with Gasteiger partial charge in [0.05, 0.1) is 29.3 Å². The Labute approximate surface area is 188 Å². The lowest BCUT2D eigenvalue weighted by atomic mass is 10.2. The van der Waals surface area contributed by atoms with Crippen molar-refractivity contribution in [1.82, 2.24) is 9.97 Å². The zero-order chi connectivity index (χ0) is 23.8. The number of nitrogens with zero attached hydrogens (tertiary/aromatic N) is 3. The minimum atomic E-state index is -0.607. The molecule has 170 valence electrons. The summed E-state index contributed by atoms with van der Waals surface area (Å²) in [5.74, 6) is -0.996.